The minimum atomic E-state index is -0.901. The smallest absolute Gasteiger partial charge is 0.335 e. The van der Waals surface area contributed by atoms with E-state index in [1.54, 1.807) is 6.07 Å². The number of para-hydroxylation sites is 1. The van der Waals surface area contributed by atoms with Gasteiger partial charge in [-0.05, 0) is 54.4 Å². The number of fused-ring (bicyclic) bond motifs is 2. The lowest BCUT2D eigenvalue weighted by molar-refractivity contribution is 0.0696. The summed E-state index contributed by atoms with van der Waals surface area (Å²) in [5.41, 5.74) is 7.26. The molecular formula is C26H21ClN2O2. The van der Waals surface area contributed by atoms with Gasteiger partial charge in [-0.2, -0.15) is 0 Å². The van der Waals surface area contributed by atoms with Gasteiger partial charge in [0.05, 0.1) is 16.3 Å². The molecule has 0 atom stereocenters. The maximum atomic E-state index is 11.4. The van der Waals surface area contributed by atoms with Gasteiger partial charge in [0.2, 0.25) is 0 Å². The van der Waals surface area contributed by atoms with Gasteiger partial charge in [0.15, 0.2) is 0 Å². The molecule has 0 aliphatic heterocycles. The fourth-order valence-corrected chi connectivity index (χ4v) is 4.54. The maximum absolute atomic E-state index is 11.4. The fourth-order valence-electron chi connectivity index (χ4n) is 4.28. The number of carboxylic acids is 1. The normalized spacial score (nSPS) is 11.5. The van der Waals surface area contributed by atoms with E-state index in [0.717, 1.165) is 44.5 Å². The van der Waals surface area contributed by atoms with Crippen LogP contribution in [-0.2, 0) is 13.5 Å². The second kappa shape index (κ2) is 7.33. The Hall–Kier alpha value is -3.50. The lowest BCUT2D eigenvalue weighted by Gasteiger charge is -2.07. The molecule has 0 radical (unpaired) electrons. The number of carbonyl (C=O) groups is 1. The Labute approximate surface area is 184 Å². The highest BCUT2D eigenvalue weighted by Gasteiger charge is 2.14. The highest BCUT2D eigenvalue weighted by Crippen LogP contribution is 2.35. The zero-order valence-corrected chi connectivity index (χ0v) is 18.0. The van der Waals surface area contributed by atoms with Crippen molar-refractivity contribution in [1.29, 1.82) is 0 Å². The lowest BCUT2D eigenvalue weighted by atomic mass is 10.0. The van der Waals surface area contributed by atoms with E-state index in [1.807, 2.05) is 37.3 Å². The highest BCUT2D eigenvalue weighted by molar-refractivity contribution is 6.34. The molecule has 5 aromatic rings. The number of hydrogen-bond donors (Lipinski definition) is 2. The number of aromatic amines is 1. The molecule has 0 saturated heterocycles. The molecule has 3 aromatic carbocycles. The Kier molecular flexibility index (Phi) is 4.60. The molecular weight excluding hydrogens is 408 g/mol. The van der Waals surface area contributed by atoms with Gasteiger partial charge in [-0.15, -0.1) is 0 Å². The van der Waals surface area contributed by atoms with E-state index >= 15 is 0 Å². The van der Waals surface area contributed by atoms with Crippen LogP contribution in [0.4, 0.5) is 0 Å². The van der Waals surface area contributed by atoms with Crippen molar-refractivity contribution in [2.75, 3.05) is 0 Å². The van der Waals surface area contributed by atoms with E-state index in [-0.39, 0.29) is 0 Å². The van der Waals surface area contributed by atoms with Crippen molar-refractivity contribution in [3.8, 4) is 11.3 Å². The van der Waals surface area contributed by atoms with Gasteiger partial charge >= 0.3 is 5.97 Å². The Morgan fingerprint density at radius 1 is 1.03 bits per heavy atom. The quantitative estimate of drug-likeness (QED) is 0.339. The first-order valence-corrected chi connectivity index (χ1v) is 10.5. The van der Waals surface area contributed by atoms with E-state index in [1.165, 1.54) is 5.39 Å². The van der Waals surface area contributed by atoms with Crippen LogP contribution < -0.4 is 0 Å². The Balaban J connectivity index is 1.55. The summed E-state index contributed by atoms with van der Waals surface area (Å²) < 4.78 is 2.16. The highest BCUT2D eigenvalue weighted by atomic mass is 35.5. The molecule has 0 amide bonds. The summed E-state index contributed by atoms with van der Waals surface area (Å²) in [4.78, 5) is 14.9. The van der Waals surface area contributed by atoms with Crippen LogP contribution in [0.2, 0.25) is 5.02 Å². The summed E-state index contributed by atoms with van der Waals surface area (Å²) in [6.07, 6.45) is 0.621. The third-order valence-corrected chi connectivity index (χ3v) is 6.23. The molecule has 2 N–H and O–H groups in total. The molecule has 0 spiro atoms. The Bertz CT molecular complexity index is 1480. The van der Waals surface area contributed by atoms with E-state index < -0.39 is 5.97 Å². The van der Waals surface area contributed by atoms with Gasteiger partial charge in [-0.25, -0.2) is 4.79 Å². The van der Waals surface area contributed by atoms with E-state index in [4.69, 9.17) is 11.6 Å². The molecule has 154 valence electrons. The second-order valence-electron chi connectivity index (χ2n) is 7.99. The van der Waals surface area contributed by atoms with Crippen molar-refractivity contribution in [1.82, 2.24) is 9.55 Å². The van der Waals surface area contributed by atoms with Crippen LogP contribution in [0, 0.1) is 6.92 Å². The number of rotatable bonds is 4. The molecule has 0 aliphatic rings. The molecule has 5 heteroatoms. The van der Waals surface area contributed by atoms with Crippen molar-refractivity contribution in [2.45, 2.75) is 13.3 Å². The van der Waals surface area contributed by atoms with Crippen LogP contribution in [0.15, 0.2) is 66.7 Å². The largest absolute Gasteiger partial charge is 0.478 e. The van der Waals surface area contributed by atoms with Crippen LogP contribution in [0.1, 0.15) is 27.2 Å². The topological polar surface area (TPSA) is 58.0 Å². The summed E-state index contributed by atoms with van der Waals surface area (Å²) in [6, 6.07) is 22.2. The number of H-pyrrole nitrogens is 1. The third-order valence-electron chi connectivity index (χ3n) is 5.92. The van der Waals surface area contributed by atoms with Crippen LogP contribution in [0.25, 0.3) is 33.1 Å². The van der Waals surface area contributed by atoms with Gasteiger partial charge in [-0.1, -0.05) is 41.9 Å². The Morgan fingerprint density at radius 3 is 2.61 bits per heavy atom. The number of aromatic nitrogens is 2. The van der Waals surface area contributed by atoms with Crippen molar-refractivity contribution in [3.05, 3.63) is 94.1 Å². The average Bonchev–Trinajstić information content (AvgIpc) is 3.28. The number of hydrogen-bond acceptors (Lipinski definition) is 1. The monoisotopic (exact) mass is 428 g/mol. The van der Waals surface area contributed by atoms with Crippen molar-refractivity contribution >= 4 is 39.4 Å². The first-order chi connectivity index (χ1) is 14.9. The fraction of sp³-hybridized carbons (Fsp3) is 0.115. The molecule has 0 saturated carbocycles. The van der Waals surface area contributed by atoms with Crippen molar-refractivity contribution in [2.24, 2.45) is 7.05 Å². The zero-order chi connectivity index (χ0) is 21.7. The Morgan fingerprint density at radius 2 is 1.84 bits per heavy atom. The second-order valence-corrected chi connectivity index (χ2v) is 8.40. The van der Waals surface area contributed by atoms with E-state index in [0.29, 0.717) is 17.0 Å². The zero-order valence-electron chi connectivity index (χ0n) is 17.2. The van der Waals surface area contributed by atoms with Crippen LogP contribution in [0.3, 0.4) is 0 Å². The number of aryl methyl sites for hydroxylation is 2. The van der Waals surface area contributed by atoms with E-state index in [9.17, 15) is 9.90 Å². The molecule has 2 heterocycles. The number of nitrogens with zero attached hydrogens (tertiary/aromatic N) is 1. The summed E-state index contributed by atoms with van der Waals surface area (Å²) >= 11 is 6.68. The predicted octanol–water partition coefficient (Wildman–Crippen LogP) is 6.58. The third kappa shape index (κ3) is 3.39. The molecule has 0 unspecified atom stereocenters. The van der Waals surface area contributed by atoms with Crippen LogP contribution in [-0.4, -0.2) is 20.6 Å². The molecule has 0 bridgehead atoms. The lowest BCUT2D eigenvalue weighted by Crippen LogP contribution is -2.01. The number of nitrogens with one attached hydrogen (secondary N) is 1. The minimum absolute atomic E-state index is 0.342. The molecule has 5 rings (SSSR count). The predicted molar refractivity (Wildman–Crippen MR) is 126 cm³/mol. The summed E-state index contributed by atoms with van der Waals surface area (Å²) in [6.45, 7) is 1.81. The minimum Gasteiger partial charge on any atom is -0.478 e. The van der Waals surface area contributed by atoms with Gasteiger partial charge in [0.1, 0.15) is 0 Å². The number of aromatic carboxylic acids is 1. The SMILES string of the molecule is Cc1ccc(Cc2cc3cc(-c4cc5ccccc5n4C)c(Cl)cc3[nH]2)cc1C(=O)O. The molecule has 4 nitrogen and oxygen atoms in total. The summed E-state index contributed by atoms with van der Waals surface area (Å²) in [5.74, 6) is -0.901. The maximum Gasteiger partial charge on any atom is 0.335 e. The molecule has 2 aromatic heterocycles. The first-order valence-electron chi connectivity index (χ1n) is 10.1. The van der Waals surface area contributed by atoms with Crippen molar-refractivity contribution in [3.63, 3.8) is 0 Å². The summed E-state index contributed by atoms with van der Waals surface area (Å²) in [7, 11) is 2.05. The van der Waals surface area contributed by atoms with Gasteiger partial charge < -0.3 is 14.7 Å². The number of halogens is 1. The van der Waals surface area contributed by atoms with Gasteiger partial charge in [0, 0.05) is 46.5 Å². The standard InChI is InChI=1S/C26H21ClN2O2/c1-15-7-8-16(10-20(15)26(30)31)9-19-11-18-12-21(22(27)14-23(18)28-19)25-13-17-5-3-4-6-24(17)29(25)2/h3-8,10-14,28H,9H2,1-2H3,(H,30,31). The first kappa shape index (κ1) is 19.5. The van der Waals surface area contributed by atoms with Crippen LogP contribution in [0.5, 0.6) is 0 Å². The van der Waals surface area contributed by atoms with E-state index in [2.05, 4.69) is 46.9 Å². The van der Waals surface area contributed by atoms with Crippen molar-refractivity contribution < 1.29 is 9.90 Å². The number of carboxylic acid groups (broad SMARTS) is 1. The summed E-state index contributed by atoms with van der Waals surface area (Å²) in [5, 5.41) is 12.3. The van der Waals surface area contributed by atoms with Gasteiger partial charge in [-0.3, -0.25) is 0 Å². The average molecular weight is 429 g/mol. The molecule has 0 fully saturated rings. The van der Waals surface area contributed by atoms with Crippen LogP contribution >= 0.6 is 11.6 Å². The molecule has 0 aliphatic carbocycles. The molecule has 31 heavy (non-hydrogen) atoms. The number of benzene rings is 3. The van der Waals surface area contributed by atoms with Gasteiger partial charge in [0.25, 0.3) is 0 Å².